The maximum atomic E-state index is 2.34. The molecule has 0 N–H and O–H groups in total. The van der Waals surface area contributed by atoms with E-state index in [2.05, 4.69) is 122 Å². The van der Waals surface area contributed by atoms with Crippen molar-refractivity contribution in [2.75, 3.05) is 0 Å². The van der Waals surface area contributed by atoms with E-state index in [4.69, 9.17) is 0 Å². The summed E-state index contributed by atoms with van der Waals surface area (Å²) in [7, 11) is 0. The lowest BCUT2D eigenvalue weighted by molar-refractivity contribution is 1.49. The second-order valence-electron chi connectivity index (χ2n) is 7.01. The fourth-order valence-corrected chi connectivity index (χ4v) is 4.32. The maximum absolute atomic E-state index is 2.34. The van der Waals surface area contributed by atoms with Gasteiger partial charge >= 0.3 is 0 Å². The summed E-state index contributed by atoms with van der Waals surface area (Å²) in [6.07, 6.45) is -1.23. The molecule has 26 heavy (non-hydrogen) atoms. The van der Waals surface area contributed by atoms with E-state index in [1.165, 1.54) is 27.4 Å². The van der Waals surface area contributed by atoms with Gasteiger partial charge in [0.2, 0.25) is 0 Å². The van der Waals surface area contributed by atoms with E-state index in [0.29, 0.717) is 0 Å². The van der Waals surface area contributed by atoms with Gasteiger partial charge in [-0.05, 0) is 6.92 Å². The van der Waals surface area contributed by atoms with Gasteiger partial charge in [-0.3, -0.25) is 0 Å². The summed E-state index contributed by atoms with van der Waals surface area (Å²) in [6, 6.07) is 41.7. The van der Waals surface area contributed by atoms with Crippen LogP contribution in [0.1, 0.15) is 5.56 Å². The summed E-state index contributed by atoms with van der Waals surface area (Å²) in [6.45, 7) is 2.17. The lowest BCUT2D eigenvalue weighted by Crippen LogP contribution is -2.74. The molecule has 4 aromatic carbocycles. The van der Waals surface area contributed by atoms with E-state index < -0.39 is 6.15 Å². The number of hydrogen-bond acceptors (Lipinski definition) is 0. The van der Waals surface area contributed by atoms with Crippen LogP contribution in [0.25, 0.3) is 0 Å². The first kappa shape index (κ1) is 16.4. The van der Waals surface area contributed by atoms with Gasteiger partial charge in [0.25, 0.3) is 0 Å². The molecule has 126 valence electrons. The predicted molar refractivity (Wildman–Crippen MR) is 115 cm³/mol. The number of rotatable bonds is 4. The quantitative estimate of drug-likeness (QED) is 0.502. The highest BCUT2D eigenvalue weighted by molar-refractivity contribution is 7.19. The Morgan fingerprint density at radius 2 is 0.808 bits per heavy atom. The first-order valence-corrected chi connectivity index (χ1v) is 9.21. The van der Waals surface area contributed by atoms with Gasteiger partial charge in [-0.15, -0.1) is 0 Å². The summed E-state index contributed by atoms with van der Waals surface area (Å²) in [4.78, 5) is 0. The van der Waals surface area contributed by atoms with Gasteiger partial charge in [0.1, 0.15) is 6.15 Å². The van der Waals surface area contributed by atoms with Crippen molar-refractivity contribution in [2.45, 2.75) is 6.92 Å². The summed E-state index contributed by atoms with van der Waals surface area (Å²) < 4.78 is 0. The Balaban J connectivity index is 2.14. The second-order valence-corrected chi connectivity index (χ2v) is 7.01. The van der Waals surface area contributed by atoms with Gasteiger partial charge in [0.05, 0.1) is 0 Å². The highest BCUT2D eigenvalue weighted by Crippen LogP contribution is 2.10. The molecule has 0 aliphatic carbocycles. The average Bonchev–Trinajstić information content (AvgIpc) is 2.71. The normalized spacial score (nSPS) is 11.3. The minimum Gasteiger partial charge on any atom is -0.195 e. The van der Waals surface area contributed by atoms with Crippen molar-refractivity contribution in [3.8, 4) is 0 Å². The minimum absolute atomic E-state index is 1.23. The van der Waals surface area contributed by atoms with Gasteiger partial charge in [-0.1, -0.05) is 121 Å². The Kier molecular flexibility index (Phi) is 4.45. The average molecular weight is 333 g/mol. The first-order chi connectivity index (χ1) is 12.8. The summed E-state index contributed by atoms with van der Waals surface area (Å²) in [5.74, 6) is 0. The zero-order valence-corrected chi connectivity index (χ0v) is 15.0. The molecule has 0 nitrogen and oxygen atoms in total. The molecule has 0 spiro atoms. The molecular formula is C25H22B-. The third-order valence-corrected chi connectivity index (χ3v) is 5.44. The molecule has 0 amide bonds. The molecule has 0 aliphatic heterocycles. The van der Waals surface area contributed by atoms with Crippen LogP contribution in [0.2, 0.25) is 0 Å². The van der Waals surface area contributed by atoms with E-state index in [0.717, 1.165) is 0 Å². The van der Waals surface area contributed by atoms with Gasteiger partial charge in [0, 0.05) is 0 Å². The number of hydrogen-bond donors (Lipinski definition) is 0. The van der Waals surface area contributed by atoms with E-state index in [-0.39, 0.29) is 0 Å². The van der Waals surface area contributed by atoms with Crippen LogP contribution in [0.4, 0.5) is 0 Å². The Bertz CT molecular complexity index is 879. The molecule has 0 saturated carbocycles. The minimum atomic E-state index is -1.23. The van der Waals surface area contributed by atoms with Crippen molar-refractivity contribution >= 4 is 28.0 Å². The van der Waals surface area contributed by atoms with Crippen LogP contribution in [-0.4, -0.2) is 6.15 Å². The van der Waals surface area contributed by atoms with Gasteiger partial charge in [0.15, 0.2) is 0 Å². The topological polar surface area (TPSA) is 0 Å². The molecule has 0 aromatic heterocycles. The monoisotopic (exact) mass is 333 g/mol. The van der Waals surface area contributed by atoms with Gasteiger partial charge < -0.3 is 0 Å². The Labute approximate surface area is 156 Å². The summed E-state index contributed by atoms with van der Waals surface area (Å²) in [5, 5.41) is 0. The zero-order chi connectivity index (χ0) is 17.8. The Morgan fingerprint density at radius 3 is 1.19 bits per heavy atom. The third-order valence-electron chi connectivity index (χ3n) is 5.44. The van der Waals surface area contributed by atoms with Crippen molar-refractivity contribution in [2.24, 2.45) is 0 Å². The van der Waals surface area contributed by atoms with Crippen LogP contribution in [-0.2, 0) is 0 Å². The lowest BCUT2D eigenvalue weighted by Gasteiger charge is -2.44. The summed E-state index contributed by atoms with van der Waals surface area (Å²) >= 11 is 0. The Morgan fingerprint density at radius 1 is 0.423 bits per heavy atom. The molecule has 1 heteroatoms. The van der Waals surface area contributed by atoms with Crippen molar-refractivity contribution in [3.63, 3.8) is 0 Å². The number of aryl methyl sites for hydroxylation is 1. The molecule has 0 aliphatic rings. The van der Waals surface area contributed by atoms with E-state index >= 15 is 0 Å². The SMILES string of the molecule is Cc1cccc([B-](c2ccccc2)(c2ccccc2)c2ccccc2)c1. The fourth-order valence-electron chi connectivity index (χ4n) is 4.32. The third kappa shape index (κ3) is 2.76. The molecule has 0 radical (unpaired) electrons. The molecule has 0 bridgehead atoms. The highest BCUT2D eigenvalue weighted by Gasteiger charge is 2.31. The van der Waals surface area contributed by atoms with Crippen molar-refractivity contribution in [1.29, 1.82) is 0 Å². The molecule has 0 unspecified atom stereocenters. The smallest absolute Gasteiger partial charge is 0.108 e. The van der Waals surface area contributed by atoms with Gasteiger partial charge in [-0.2, -0.15) is 21.9 Å². The van der Waals surface area contributed by atoms with E-state index in [1.807, 2.05) is 0 Å². The molecule has 0 fully saturated rings. The van der Waals surface area contributed by atoms with Crippen LogP contribution in [0.15, 0.2) is 115 Å². The lowest BCUT2D eigenvalue weighted by atomic mass is 9.13. The zero-order valence-electron chi connectivity index (χ0n) is 15.0. The van der Waals surface area contributed by atoms with Crippen LogP contribution in [0, 0.1) is 6.92 Å². The Hall–Kier alpha value is -3.06. The van der Waals surface area contributed by atoms with Crippen molar-refractivity contribution < 1.29 is 0 Å². The molecule has 0 saturated heterocycles. The summed E-state index contributed by atoms with van der Waals surface area (Å²) in [5.41, 5.74) is 6.67. The predicted octanol–water partition coefficient (Wildman–Crippen LogP) is 3.37. The van der Waals surface area contributed by atoms with Gasteiger partial charge in [-0.25, -0.2) is 0 Å². The second kappa shape index (κ2) is 7.05. The van der Waals surface area contributed by atoms with Crippen LogP contribution >= 0.6 is 0 Å². The molecule has 4 rings (SSSR count). The molecule has 0 heterocycles. The first-order valence-electron chi connectivity index (χ1n) is 9.21. The largest absolute Gasteiger partial charge is 0.195 e. The molecule has 0 atom stereocenters. The molecule has 4 aromatic rings. The van der Waals surface area contributed by atoms with Crippen LogP contribution in [0.3, 0.4) is 0 Å². The highest BCUT2D eigenvalue weighted by atomic mass is 14.1. The van der Waals surface area contributed by atoms with Crippen LogP contribution in [0.5, 0.6) is 0 Å². The number of benzene rings is 4. The fraction of sp³-hybridized carbons (Fsp3) is 0.0400. The molecular weight excluding hydrogens is 311 g/mol. The van der Waals surface area contributed by atoms with Crippen LogP contribution < -0.4 is 21.9 Å². The van der Waals surface area contributed by atoms with Crippen molar-refractivity contribution in [1.82, 2.24) is 0 Å². The van der Waals surface area contributed by atoms with Crippen molar-refractivity contribution in [3.05, 3.63) is 121 Å². The standard InChI is InChI=1S/C25H22B/c1-21-12-11-19-25(20-21)26(22-13-5-2-6-14-22,23-15-7-3-8-16-23)24-17-9-4-10-18-24/h2-20H,1H3/q-1. The maximum Gasteiger partial charge on any atom is 0.108 e. The van der Waals surface area contributed by atoms with E-state index in [9.17, 15) is 0 Å². The van der Waals surface area contributed by atoms with E-state index in [1.54, 1.807) is 0 Å².